The summed E-state index contributed by atoms with van der Waals surface area (Å²) < 4.78 is 4.01. The van der Waals surface area contributed by atoms with Gasteiger partial charge in [0.15, 0.2) is 17.4 Å². The van der Waals surface area contributed by atoms with Crippen molar-refractivity contribution in [2.75, 3.05) is 6.54 Å². The van der Waals surface area contributed by atoms with Crippen molar-refractivity contribution in [2.45, 2.75) is 33.0 Å². The highest BCUT2D eigenvalue weighted by atomic mass is 127. The second kappa shape index (κ2) is 11.4. The van der Waals surface area contributed by atoms with Gasteiger partial charge in [-0.15, -0.1) is 44.4 Å². The lowest BCUT2D eigenvalue weighted by molar-refractivity contribution is 0.629. The molecule has 0 saturated heterocycles. The third kappa shape index (κ3) is 6.00. The number of hydrogen-bond donors (Lipinski definition) is 2. The second-order valence-corrected chi connectivity index (χ2v) is 6.77. The fraction of sp³-hybridized carbons (Fsp3) is 0.286. The number of guanidine groups is 1. The van der Waals surface area contributed by atoms with Crippen LogP contribution in [0.5, 0.6) is 0 Å². The van der Waals surface area contributed by atoms with Gasteiger partial charge in [0.25, 0.3) is 0 Å². The first-order chi connectivity index (χ1) is 14.8. The highest BCUT2D eigenvalue weighted by Gasteiger charge is 2.07. The molecule has 4 rings (SSSR count). The van der Waals surface area contributed by atoms with Crippen LogP contribution in [0.3, 0.4) is 0 Å². The van der Waals surface area contributed by atoms with Crippen molar-refractivity contribution in [1.82, 2.24) is 40.0 Å². The minimum Gasteiger partial charge on any atom is -0.355 e. The summed E-state index contributed by atoms with van der Waals surface area (Å²) >= 11 is 0. The third-order valence-corrected chi connectivity index (χ3v) is 4.72. The Morgan fingerprint density at radius 1 is 0.968 bits per heavy atom. The Kier molecular flexibility index (Phi) is 8.33. The molecule has 31 heavy (non-hydrogen) atoms. The molecule has 0 aliphatic rings. The van der Waals surface area contributed by atoms with Crippen molar-refractivity contribution in [3.63, 3.8) is 0 Å². The average Bonchev–Trinajstić information content (AvgIpc) is 3.42. The van der Waals surface area contributed by atoms with Crippen LogP contribution in [0.4, 0.5) is 0 Å². The number of benzene rings is 1. The Hall–Kier alpha value is -3.02. The van der Waals surface area contributed by atoms with Gasteiger partial charge in [-0.3, -0.25) is 4.40 Å². The molecule has 0 atom stereocenters. The number of aromatic nitrogens is 6. The van der Waals surface area contributed by atoms with Crippen molar-refractivity contribution in [2.24, 2.45) is 4.99 Å². The maximum Gasteiger partial charge on any atom is 0.192 e. The number of aryl methyl sites for hydroxylation is 1. The largest absolute Gasteiger partial charge is 0.355 e. The first-order valence-corrected chi connectivity index (χ1v) is 10.0. The molecule has 3 aromatic heterocycles. The summed E-state index contributed by atoms with van der Waals surface area (Å²) in [5.41, 5.74) is 1.98. The Balaban J connectivity index is 0.00000272. The maximum absolute atomic E-state index is 4.73. The van der Waals surface area contributed by atoms with Crippen LogP contribution in [0.25, 0.3) is 5.65 Å². The summed E-state index contributed by atoms with van der Waals surface area (Å²) in [4.78, 5) is 4.73. The van der Waals surface area contributed by atoms with Crippen molar-refractivity contribution in [3.05, 3.63) is 78.3 Å². The van der Waals surface area contributed by atoms with Gasteiger partial charge in [0.05, 0.1) is 13.1 Å². The first-order valence-electron chi connectivity index (χ1n) is 10.0. The zero-order valence-corrected chi connectivity index (χ0v) is 19.7. The van der Waals surface area contributed by atoms with E-state index in [1.807, 2.05) is 51.6 Å². The molecule has 2 N–H and O–H groups in total. The topological polar surface area (TPSA) is 97.3 Å². The Bertz CT molecular complexity index is 1100. The molecule has 0 radical (unpaired) electrons. The molecule has 0 aliphatic carbocycles. The average molecular weight is 531 g/mol. The summed E-state index contributed by atoms with van der Waals surface area (Å²) in [6.07, 6.45) is 4.57. The molecule has 0 unspecified atom stereocenters. The lowest BCUT2D eigenvalue weighted by Gasteiger charge is -2.13. The molecule has 0 saturated carbocycles. The van der Waals surface area contributed by atoms with E-state index in [1.54, 1.807) is 6.33 Å². The van der Waals surface area contributed by atoms with Crippen LogP contribution in [-0.2, 0) is 26.1 Å². The third-order valence-electron chi connectivity index (χ3n) is 4.72. The van der Waals surface area contributed by atoms with E-state index < -0.39 is 0 Å². The van der Waals surface area contributed by atoms with Gasteiger partial charge in [-0.1, -0.05) is 43.3 Å². The number of aliphatic imine (C=N–C) groups is 1. The van der Waals surface area contributed by atoms with Crippen molar-refractivity contribution in [1.29, 1.82) is 0 Å². The summed E-state index contributed by atoms with van der Waals surface area (Å²) in [7, 11) is 0. The molecule has 162 valence electrons. The Morgan fingerprint density at radius 3 is 2.65 bits per heavy atom. The van der Waals surface area contributed by atoms with Gasteiger partial charge in [-0.25, -0.2) is 4.99 Å². The highest BCUT2D eigenvalue weighted by molar-refractivity contribution is 14.0. The predicted molar refractivity (Wildman–Crippen MR) is 130 cm³/mol. The maximum atomic E-state index is 4.73. The minimum atomic E-state index is 0. The van der Waals surface area contributed by atoms with Crippen LogP contribution >= 0.6 is 24.0 Å². The van der Waals surface area contributed by atoms with Gasteiger partial charge in [-0.2, -0.15) is 0 Å². The van der Waals surface area contributed by atoms with E-state index in [1.165, 1.54) is 0 Å². The fourth-order valence-corrected chi connectivity index (χ4v) is 3.14. The molecule has 0 fully saturated rings. The van der Waals surface area contributed by atoms with Crippen LogP contribution in [0.15, 0.2) is 66.0 Å². The van der Waals surface area contributed by atoms with E-state index in [0.29, 0.717) is 19.6 Å². The number of hydrogen-bond acceptors (Lipinski definition) is 5. The molecular weight excluding hydrogens is 505 g/mol. The second-order valence-electron chi connectivity index (χ2n) is 6.77. The number of pyridine rings is 1. The van der Waals surface area contributed by atoms with E-state index in [2.05, 4.69) is 50.1 Å². The van der Waals surface area contributed by atoms with Gasteiger partial charge in [0, 0.05) is 25.7 Å². The summed E-state index contributed by atoms with van der Waals surface area (Å²) in [6.45, 7) is 4.63. The Morgan fingerprint density at radius 2 is 1.81 bits per heavy atom. The molecule has 0 bridgehead atoms. The monoisotopic (exact) mass is 531 g/mol. The van der Waals surface area contributed by atoms with Crippen LogP contribution < -0.4 is 10.6 Å². The summed E-state index contributed by atoms with van der Waals surface area (Å²) in [6, 6.07) is 16.0. The van der Waals surface area contributed by atoms with E-state index in [4.69, 9.17) is 4.99 Å². The minimum absolute atomic E-state index is 0. The number of nitrogens with zero attached hydrogens (tertiary/aromatic N) is 7. The van der Waals surface area contributed by atoms with Gasteiger partial charge in [-0.05, 0) is 17.7 Å². The lowest BCUT2D eigenvalue weighted by Crippen LogP contribution is -2.39. The van der Waals surface area contributed by atoms with Crippen molar-refractivity contribution >= 4 is 35.6 Å². The van der Waals surface area contributed by atoms with Crippen LogP contribution in [0, 0.1) is 0 Å². The van der Waals surface area contributed by atoms with E-state index in [0.717, 1.165) is 41.8 Å². The standard InChI is InChI=1S/C21H25N9.HI/c1-2-18-26-25-16-29(18)13-11-22-21(23-14-17-8-4-3-5-9-17)24-15-20-28-27-19-10-6-7-12-30(19)20;/h3-10,12,16H,2,11,13-15H2,1H3,(H2,22,23,24);1H. The van der Waals surface area contributed by atoms with Gasteiger partial charge in [0.2, 0.25) is 0 Å². The van der Waals surface area contributed by atoms with Crippen molar-refractivity contribution in [3.8, 4) is 0 Å². The highest BCUT2D eigenvalue weighted by Crippen LogP contribution is 2.03. The molecule has 0 amide bonds. The molecule has 9 nitrogen and oxygen atoms in total. The SMILES string of the molecule is CCc1nncn1CCNC(=NCc1ccccc1)NCc1nnc2ccccn12.I. The molecule has 1 aromatic carbocycles. The smallest absolute Gasteiger partial charge is 0.192 e. The molecule has 3 heterocycles. The van der Waals surface area contributed by atoms with Crippen molar-refractivity contribution < 1.29 is 0 Å². The molecule has 10 heteroatoms. The number of halogens is 1. The number of fused-ring (bicyclic) bond motifs is 1. The zero-order chi connectivity index (χ0) is 20.6. The number of nitrogens with one attached hydrogen (secondary N) is 2. The molecule has 0 spiro atoms. The molecule has 4 aromatic rings. The molecule has 0 aliphatic heterocycles. The number of rotatable bonds is 8. The quantitative estimate of drug-likeness (QED) is 0.206. The zero-order valence-electron chi connectivity index (χ0n) is 17.3. The van der Waals surface area contributed by atoms with Gasteiger partial charge >= 0.3 is 0 Å². The lowest BCUT2D eigenvalue weighted by atomic mass is 10.2. The van der Waals surface area contributed by atoms with Crippen LogP contribution in [-0.4, -0.2) is 41.9 Å². The normalized spacial score (nSPS) is 11.3. The first kappa shape index (κ1) is 22.7. The predicted octanol–water partition coefficient (Wildman–Crippen LogP) is 2.44. The van der Waals surface area contributed by atoms with E-state index >= 15 is 0 Å². The molecular formula is C21H26IN9. The summed E-state index contributed by atoms with van der Waals surface area (Å²) in [5.74, 6) is 2.52. The van der Waals surface area contributed by atoms with E-state index in [-0.39, 0.29) is 24.0 Å². The van der Waals surface area contributed by atoms with Crippen LogP contribution in [0.2, 0.25) is 0 Å². The summed E-state index contributed by atoms with van der Waals surface area (Å²) in [5, 5.41) is 23.4. The van der Waals surface area contributed by atoms with E-state index in [9.17, 15) is 0 Å². The van der Waals surface area contributed by atoms with Crippen LogP contribution in [0.1, 0.15) is 24.1 Å². The Labute approximate surface area is 198 Å². The van der Waals surface area contributed by atoms with Gasteiger partial charge < -0.3 is 15.2 Å². The fourth-order valence-electron chi connectivity index (χ4n) is 3.14. The van der Waals surface area contributed by atoms with Gasteiger partial charge in [0.1, 0.15) is 12.2 Å².